The Balaban J connectivity index is 2.03. The van der Waals surface area contributed by atoms with Crippen LogP contribution < -0.4 is 5.30 Å². The molecule has 2 rings (SSSR count). The Kier molecular flexibility index (Phi) is 9.03. The van der Waals surface area contributed by atoms with Gasteiger partial charge in [-0.3, -0.25) is 4.67 Å². The minimum atomic E-state index is -3.24. The molecule has 4 nitrogen and oxygen atoms in total. The van der Waals surface area contributed by atoms with Gasteiger partial charge in [-0.15, -0.1) is 12.2 Å². The molecule has 0 amide bonds. The van der Waals surface area contributed by atoms with Crippen LogP contribution in [-0.2, 0) is 30.8 Å². The molecule has 30 heavy (non-hydrogen) atoms. The summed E-state index contributed by atoms with van der Waals surface area (Å²) in [6, 6.07) is 8.41. The van der Waals surface area contributed by atoms with Gasteiger partial charge in [-0.1, -0.05) is 77.6 Å². The van der Waals surface area contributed by atoms with E-state index in [1.807, 2.05) is 0 Å². The van der Waals surface area contributed by atoms with E-state index < -0.39 is 14.3 Å². The lowest BCUT2D eigenvalue weighted by atomic mass is 9.87. The van der Waals surface area contributed by atoms with Gasteiger partial charge in [0.2, 0.25) is 8.87 Å². The number of nitrogens with zero attached hydrogens (tertiary/aromatic N) is 1. The van der Waals surface area contributed by atoms with Gasteiger partial charge in [-0.2, -0.15) is 0 Å². The van der Waals surface area contributed by atoms with Crippen molar-refractivity contribution in [1.82, 2.24) is 4.67 Å². The van der Waals surface area contributed by atoms with Crippen molar-refractivity contribution in [3.63, 3.8) is 0 Å². The lowest BCUT2D eigenvalue weighted by molar-refractivity contribution is 0.0143. The summed E-state index contributed by atoms with van der Waals surface area (Å²) in [5.74, 6) is 0.622. The van der Waals surface area contributed by atoms with Gasteiger partial charge < -0.3 is 4.74 Å². The smallest absolute Gasteiger partial charge is 0.204 e. The van der Waals surface area contributed by atoms with E-state index in [0.717, 1.165) is 22.5 Å². The van der Waals surface area contributed by atoms with Gasteiger partial charge in [0.05, 0.1) is 23.9 Å². The van der Waals surface area contributed by atoms with Gasteiger partial charge in [0, 0.05) is 24.1 Å². The second kappa shape index (κ2) is 10.1. The lowest BCUT2D eigenvalue weighted by Gasteiger charge is -2.38. The zero-order valence-electron chi connectivity index (χ0n) is 18.9. The standard InChI is InChI=1S/C21H36NO3PS4/c1-20(2,3)11-14-29-30(23,24)16-18-15-22(12-13-25-18)26(27,28)19-9-7-17(8-10-19)21(4,5)6/h7-10,18H,11-16H2,1-6H3,(H,27,28). The van der Waals surface area contributed by atoms with Gasteiger partial charge in [0.1, 0.15) is 0 Å². The topological polar surface area (TPSA) is 46.6 Å². The minimum absolute atomic E-state index is 0.0182. The maximum Gasteiger partial charge on any atom is 0.204 e. The Morgan fingerprint density at radius 1 is 1.20 bits per heavy atom. The highest BCUT2D eigenvalue weighted by molar-refractivity contribution is 8.72. The van der Waals surface area contributed by atoms with Gasteiger partial charge in [-0.05, 0) is 33.6 Å². The Morgan fingerprint density at radius 2 is 1.80 bits per heavy atom. The molecule has 0 spiro atoms. The van der Waals surface area contributed by atoms with Gasteiger partial charge in [-0.25, -0.2) is 8.42 Å². The van der Waals surface area contributed by atoms with Crippen LogP contribution in [0.2, 0.25) is 0 Å². The molecular formula is C21H36NO3PS4. The molecule has 0 aromatic heterocycles. The van der Waals surface area contributed by atoms with E-state index in [1.165, 1.54) is 5.56 Å². The molecule has 1 aromatic rings. The molecule has 0 bridgehead atoms. The van der Waals surface area contributed by atoms with Crippen LogP contribution in [0.3, 0.4) is 0 Å². The SMILES string of the molecule is CC(C)(C)CCSS(=O)(=O)CC1CN(P(=S)(S)c2ccc(C(C)(C)C)cc2)CCO1. The van der Waals surface area contributed by atoms with Crippen molar-refractivity contribution in [2.45, 2.75) is 59.5 Å². The van der Waals surface area contributed by atoms with Crippen molar-refractivity contribution in [1.29, 1.82) is 0 Å². The summed E-state index contributed by atoms with van der Waals surface area (Å²) >= 11 is 10.9. The molecule has 0 radical (unpaired) electrons. The summed E-state index contributed by atoms with van der Waals surface area (Å²) in [5, 5.41) is -1.22. The average molecular weight is 510 g/mol. The first-order chi connectivity index (χ1) is 13.6. The van der Waals surface area contributed by atoms with E-state index in [9.17, 15) is 8.42 Å². The van der Waals surface area contributed by atoms with E-state index in [4.69, 9.17) is 28.8 Å². The van der Waals surface area contributed by atoms with Crippen LogP contribution >= 0.6 is 28.4 Å². The van der Waals surface area contributed by atoms with Crippen LogP contribution in [0, 0.1) is 5.41 Å². The average Bonchev–Trinajstić information content (AvgIpc) is 2.59. The molecule has 0 saturated carbocycles. The van der Waals surface area contributed by atoms with Crippen LogP contribution in [0.4, 0.5) is 0 Å². The monoisotopic (exact) mass is 509 g/mol. The maximum atomic E-state index is 12.6. The van der Waals surface area contributed by atoms with Crippen molar-refractivity contribution in [2.24, 2.45) is 5.41 Å². The van der Waals surface area contributed by atoms with Crippen LogP contribution in [-0.4, -0.2) is 50.4 Å². The molecule has 172 valence electrons. The number of thiol groups is 1. The molecule has 0 N–H and O–H groups in total. The summed E-state index contributed by atoms with van der Waals surface area (Å²) in [6.45, 7) is 14.6. The zero-order valence-corrected chi connectivity index (χ0v) is 23.2. The number of hydrogen-bond donors (Lipinski definition) is 1. The van der Waals surface area contributed by atoms with Gasteiger partial charge in [0.25, 0.3) is 0 Å². The van der Waals surface area contributed by atoms with Crippen molar-refractivity contribution in [2.75, 3.05) is 31.2 Å². The second-order valence-electron chi connectivity index (χ2n) is 10.1. The molecule has 2 atom stereocenters. The normalized spacial score (nSPS) is 21.4. The molecule has 1 aliphatic rings. The molecule has 1 saturated heterocycles. The number of ether oxygens (including phenoxy) is 1. The first kappa shape index (κ1) is 26.7. The van der Waals surface area contributed by atoms with Crippen molar-refractivity contribution in [3.05, 3.63) is 29.8 Å². The third kappa shape index (κ3) is 8.09. The van der Waals surface area contributed by atoms with Crippen LogP contribution in [0.1, 0.15) is 53.5 Å². The summed E-state index contributed by atoms with van der Waals surface area (Å²) in [5.41, 5.74) is 1.47. The zero-order chi connectivity index (χ0) is 22.8. The fourth-order valence-electron chi connectivity index (χ4n) is 3.12. The van der Waals surface area contributed by atoms with Crippen molar-refractivity contribution in [3.8, 4) is 0 Å². The Hall–Kier alpha value is 0.440. The second-order valence-corrected chi connectivity index (χ2v) is 20.7. The minimum Gasteiger partial charge on any atom is -0.374 e. The summed E-state index contributed by atoms with van der Waals surface area (Å²) < 4.78 is 33.1. The maximum absolute atomic E-state index is 12.6. The molecule has 9 heteroatoms. The summed E-state index contributed by atoms with van der Waals surface area (Å²) in [6.07, 6.45) is 0.491. The first-order valence-corrected chi connectivity index (χ1v) is 17.3. The molecule has 0 aliphatic carbocycles. The summed E-state index contributed by atoms with van der Waals surface area (Å²) in [4.78, 5) is 0. The van der Waals surface area contributed by atoms with Crippen LogP contribution in [0.5, 0.6) is 0 Å². The van der Waals surface area contributed by atoms with Crippen LogP contribution in [0.15, 0.2) is 24.3 Å². The largest absolute Gasteiger partial charge is 0.374 e. The van der Waals surface area contributed by atoms with E-state index >= 15 is 0 Å². The van der Waals surface area contributed by atoms with Gasteiger partial charge in [0.15, 0.2) is 0 Å². The highest BCUT2D eigenvalue weighted by Crippen LogP contribution is 2.54. The molecule has 1 aromatic carbocycles. The molecule has 1 heterocycles. The van der Waals surface area contributed by atoms with Gasteiger partial charge >= 0.3 is 0 Å². The van der Waals surface area contributed by atoms with Crippen molar-refractivity contribution < 1.29 is 13.2 Å². The van der Waals surface area contributed by atoms with Crippen LogP contribution in [0.25, 0.3) is 0 Å². The third-order valence-electron chi connectivity index (χ3n) is 5.08. The van der Waals surface area contributed by atoms with E-state index in [2.05, 4.69) is 70.5 Å². The molecule has 1 fully saturated rings. The van der Waals surface area contributed by atoms with E-state index in [1.54, 1.807) is 0 Å². The number of hydrogen-bond acceptors (Lipinski definition) is 5. The molecular weight excluding hydrogens is 473 g/mol. The fourth-order valence-corrected chi connectivity index (χ4v) is 9.90. The highest BCUT2D eigenvalue weighted by Gasteiger charge is 2.33. The van der Waals surface area contributed by atoms with Crippen molar-refractivity contribution >= 4 is 54.4 Å². The fraction of sp³-hybridized carbons (Fsp3) is 0.714. The van der Waals surface area contributed by atoms with E-state index in [0.29, 0.717) is 25.4 Å². The Morgan fingerprint density at radius 3 is 2.33 bits per heavy atom. The number of rotatable bonds is 7. The number of morpholine rings is 1. The molecule has 1 aliphatic heterocycles. The Bertz CT molecular complexity index is 858. The lowest BCUT2D eigenvalue weighted by Crippen LogP contribution is -2.43. The summed E-state index contributed by atoms with van der Waals surface area (Å²) in [7, 11) is -2.19. The first-order valence-electron chi connectivity index (χ1n) is 10.3. The number of benzene rings is 1. The highest BCUT2D eigenvalue weighted by atomic mass is 33.1. The Labute approximate surface area is 197 Å². The molecule has 2 unspecified atom stereocenters. The van der Waals surface area contributed by atoms with E-state index in [-0.39, 0.29) is 22.7 Å². The predicted octanol–water partition coefficient (Wildman–Crippen LogP) is 5.05. The quantitative estimate of drug-likeness (QED) is 0.315. The predicted molar refractivity (Wildman–Crippen MR) is 140 cm³/mol. The third-order valence-corrected chi connectivity index (χ3v) is 13.4.